The average molecular weight is 369 g/mol. The summed E-state index contributed by atoms with van der Waals surface area (Å²) in [5.41, 5.74) is 4.42. The lowest BCUT2D eigenvalue weighted by atomic mass is 9.90. The van der Waals surface area contributed by atoms with Crippen molar-refractivity contribution in [1.82, 2.24) is 25.3 Å². The van der Waals surface area contributed by atoms with Crippen LogP contribution in [0.4, 0.5) is 0 Å². The van der Waals surface area contributed by atoms with E-state index >= 15 is 0 Å². The second kappa shape index (κ2) is 7.29. The number of amides is 1. The predicted octanol–water partition coefficient (Wildman–Crippen LogP) is 2.38. The third kappa shape index (κ3) is 3.55. The topological polar surface area (TPSA) is 92.7 Å². The van der Waals surface area contributed by atoms with Gasteiger partial charge < -0.3 is 5.32 Å². The molecule has 0 saturated heterocycles. The number of rotatable bonds is 3. The zero-order valence-corrected chi connectivity index (χ0v) is 16.0. The third-order valence-corrected chi connectivity index (χ3v) is 5.97. The van der Waals surface area contributed by atoms with Crippen molar-refractivity contribution in [2.45, 2.75) is 77.3 Å². The lowest BCUT2D eigenvalue weighted by Gasteiger charge is -2.30. The SMILES string of the molecule is Cc1n[nH]c(C)c1C(=O)NC1CCC(n2nc3c(cc2=O)CCCC3)CC1. The minimum Gasteiger partial charge on any atom is -0.349 e. The summed E-state index contributed by atoms with van der Waals surface area (Å²) in [4.78, 5) is 25.0. The van der Waals surface area contributed by atoms with Gasteiger partial charge in [-0.1, -0.05) is 0 Å². The molecule has 4 rings (SSSR count). The van der Waals surface area contributed by atoms with Crippen molar-refractivity contribution >= 4 is 5.91 Å². The maximum absolute atomic E-state index is 12.5. The van der Waals surface area contributed by atoms with Gasteiger partial charge in [0.15, 0.2) is 0 Å². The number of hydrogen-bond acceptors (Lipinski definition) is 4. The molecule has 144 valence electrons. The first-order valence-corrected chi connectivity index (χ1v) is 9.97. The first-order chi connectivity index (χ1) is 13.0. The molecule has 1 amide bonds. The van der Waals surface area contributed by atoms with E-state index in [1.54, 1.807) is 10.7 Å². The van der Waals surface area contributed by atoms with Gasteiger partial charge in [-0.3, -0.25) is 14.7 Å². The van der Waals surface area contributed by atoms with Gasteiger partial charge in [0, 0.05) is 17.8 Å². The molecule has 0 atom stereocenters. The summed E-state index contributed by atoms with van der Waals surface area (Å²) in [6.45, 7) is 3.70. The van der Waals surface area contributed by atoms with Gasteiger partial charge in [0.05, 0.1) is 23.0 Å². The van der Waals surface area contributed by atoms with Crippen molar-refractivity contribution in [1.29, 1.82) is 0 Å². The fraction of sp³-hybridized carbons (Fsp3) is 0.600. The Hall–Kier alpha value is -2.44. The molecule has 0 aromatic carbocycles. The molecule has 2 aromatic heterocycles. The zero-order chi connectivity index (χ0) is 19.0. The van der Waals surface area contributed by atoms with Crippen LogP contribution in [0.1, 0.15) is 77.6 Å². The van der Waals surface area contributed by atoms with Gasteiger partial charge in [-0.2, -0.15) is 10.2 Å². The highest BCUT2D eigenvalue weighted by atomic mass is 16.2. The number of aromatic nitrogens is 4. The highest BCUT2D eigenvalue weighted by molar-refractivity contribution is 5.96. The Labute approximate surface area is 158 Å². The molecule has 0 spiro atoms. The Kier molecular flexibility index (Phi) is 4.85. The predicted molar refractivity (Wildman–Crippen MR) is 102 cm³/mol. The van der Waals surface area contributed by atoms with Crippen LogP contribution in [-0.2, 0) is 12.8 Å². The lowest BCUT2D eigenvalue weighted by molar-refractivity contribution is 0.0920. The van der Waals surface area contributed by atoms with Crippen molar-refractivity contribution in [3.8, 4) is 0 Å². The van der Waals surface area contributed by atoms with E-state index in [4.69, 9.17) is 5.10 Å². The molecular formula is C20H27N5O2. The van der Waals surface area contributed by atoms with Gasteiger partial charge in [-0.15, -0.1) is 0 Å². The smallest absolute Gasteiger partial charge is 0.267 e. The van der Waals surface area contributed by atoms with Crippen LogP contribution in [0.5, 0.6) is 0 Å². The number of fused-ring (bicyclic) bond motifs is 1. The number of hydrogen-bond donors (Lipinski definition) is 2. The monoisotopic (exact) mass is 369 g/mol. The van der Waals surface area contributed by atoms with E-state index in [0.717, 1.165) is 74.0 Å². The Morgan fingerprint density at radius 2 is 1.93 bits per heavy atom. The quantitative estimate of drug-likeness (QED) is 0.869. The molecule has 27 heavy (non-hydrogen) atoms. The molecule has 2 N–H and O–H groups in total. The Balaban J connectivity index is 1.41. The molecule has 1 fully saturated rings. The Morgan fingerprint density at radius 1 is 1.19 bits per heavy atom. The fourth-order valence-corrected chi connectivity index (χ4v) is 4.45. The largest absolute Gasteiger partial charge is 0.349 e. The van der Waals surface area contributed by atoms with Crippen LogP contribution in [0.15, 0.2) is 10.9 Å². The Bertz CT molecular complexity index is 886. The molecule has 0 unspecified atom stereocenters. The number of carbonyl (C=O) groups is 1. The van der Waals surface area contributed by atoms with E-state index in [-0.39, 0.29) is 23.6 Å². The summed E-state index contributed by atoms with van der Waals surface area (Å²) in [6.07, 6.45) is 7.70. The summed E-state index contributed by atoms with van der Waals surface area (Å²) in [5, 5.41) is 14.8. The number of aromatic amines is 1. The van der Waals surface area contributed by atoms with Crippen molar-refractivity contribution in [2.75, 3.05) is 0 Å². The van der Waals surface area contributed by atoms with Crippen LogP contribution < -0.4 is 10.9 Å². The van der Waals surface area contributed by atoms with Gasteiger partial charge in [0.2, 0.25) is 0 Å². The minimum atomic E-state index is -0.0636. The first kappa shape index (κ1) is 17.9. The highest BCUT2D eigenvalue weighted by Gasteiger charge is 2.27. The molecule has 2 aliphatic carbocycles. The van der Waals surface area contributed by atoms with Gasteiger partial charge in [-0.05, 0) is 70.8 Å². The Morgan fingerprint density at radius 3 is 2.63 bits per heavy atom. The number of H-pyrrole nitrogens is 1. The molecular weight excluding hydrogens is 342 g/mol. The van der Waals surface area contributed by atoms with Crippen LogP contribution in [0, 0.1) is 13.8 Å². The number of nitrogens with zero attached hydrogens (tertiary/aromatic N) is 3. The summed E-state index contributed by atoms with van der Waals surface area (Å²) in [6, 6.07) is 2.06. The molecule has 2 heterocycles. The maximum Gasteiger partial charge on any atom is 0.267 e. The van der Waals surface area contributed by atoms with E-state index in [2.05, 4.69) is 15.5 Å². The van der Waals surface area contributed by atoms with E-state index in [0.29, 0.717) is 5.56 Å². The van der Waals surface area contributed by atoms with Crippen molar-refractivity contribution in [3.63, 3.8) is 0 Å². The van der Waals surface area contributed by atoms with Crippen LogP contribution >= 0.6 is 0 Å². The van der Waals surface area contributed by atoms with Crippen LogP contribution in [-0.4, -0.2) is 31.9 Å². The van der Waals surface area contributed by atoms with E-state index in [1.807, 2.05) is 13.8 Å². The third-order valence-electron chi connectivity index (χ3n) is 5.97. The fourth-order valence-electron chi connectivity index (χ4n) is 4.45. The molecule has 0 aliphatic heterocycles. The number of carbonyl (C=O) groups excluding carboxylic acids is 1. The number of aryl methyl sites for hydroxylation is 4. The first-order valence-electron chi connectivity index (χ1n) is 9.97. The molecule has 7 heteroatoms. The molecule has 0 radical (unpaired) electrons. The standard InChI is InChI=1S/C20H27N5O2/c1-12-19(13(2)23-22-12)20(27)21-15-7-9-16(10-8-15)25-18(26)11-14-5-3-4-6-17(14)24-25/h11,15-16H,3-10H2,1-2H3,(H,21,27)(H,22,23). The van der Waals surface area contributed by atoms with Gasteiger partial charge in [0.25, 0.3) is 11.5 Å². The van der Waals surface area contributed by atoms with Crippen LogP contribution in [0.25, 0.3) is 0 Å². The lowest BCUT2D eigenvalue weighted by Crippen LogP contribution is -2.40. The van der Waals surface area contributed by atoms with E-state index < -0.39 is 0 Å². The maximum atomic E-state index is 12.5. The summed E-state index contributed by atoms with van der Waals surface area (Å²) >= 11 is 0. The second-order valence-corrected chi connectivity index (χ2v) is 7.89. The van der Waals surface area contributed by atoms with E-state index in [1.165, 1.54) is 0 Å². The molecule has 1 saturated carbocycles. The second-order valence-electron chi connectivity index (χ2n) is 7.89. The van der Waals surface area contributed by atoms with Crippen molar-refractivity contribution in [2.24, 2.45) is 0 Å². The van der Waals surface area contributed by atoms with E-state index in [9.17, 15) is 9.59 Å². The van der Waals surface area contributed by atoms with Gasteiger partial charge >= 0.3 is 0 Å². The van der Waals surface area contributed by atoms with Gasteiger partial charge in [-0.25, -0.2) is 4.68 Å². The normalized spacial score (nSPS) is 22.3. The summed E-state index contributed by atoms with van der Waals surface area (Å²) in [5.74, 6) is -0.0636. The molecule has 0 bridgehead atoms. The number of nitrogens with one attached hydrogen (secondary N) is 2. The van der Waals surface area contributed by atoms with Crippen LogP contribution in [0.3, 0.4) is 0 Å². The molecule has 2 aromatic rings. The van der Waals surface area contributed by atoms with Crippen molar-refractivity contribution in [3.05, 3.63) is 44.6 Å². The average Bonchev–Trinajstić information content (AvgIpc) is 3.00. The molecule has 7 nitrogen and oxygen atoms in total. The van der Waals surface area contributed by atoms with Crippen molar-refractivity contribution < 1.29 is 4.79 Å². The molecule has 2 aliphatic rings. The zero-order valence-electron chi connectivity index (χ0n) is 16.0. The van der Waals surface area contributed by atoms with Crippen LogP contribution in [0.2, 0.25) is 0 Å². The highest BCUT2D eigenvalue weighted by Crippen LogP contribution is 2.28. The van der Waals surface area contributed by atoms with Gasteiger partial charge in [0.1, 0.15) is 0 Å². The summed E-state index contributed by atoms with van der Waals surface area (Å²) in [7, 11) is 0. The minimum absolute atomic E-state index is 0.0211. The summed E-state index contributed by atoms with van der Waals surface area (Å²) < 4.78 is 1.70.